The first kappa shape index (κ1) is 12.5. The molecule has 4 nitrogen and oxygen atoms in total. The number of nitrogens with zero attached hydrogens (tertiary/aromatic N) is 1. The van der Waals surface area contributed by atoms with E-state index in [9.17, 15) is 4.79 Å². The first-order valence-electron chi connectivity index (χ1n) is 4.39. The highest BCUT2D eigenvalue weighted by Gasteiger charge is 2.14. The fourth-order valence-electron chi connectivity index (χ4n) is 0.647. The molecular formula is C10H16N2O2. The van der Waals surface area contributed by atoms with Crippen LogP contribution in [0.2, 0.25) is 0 Å². The SMILES string of the molecule is C/C(C#N)=C\CNC(=O)OC(C)(C)C. The van der Waals surface area contributed by atoms with Crippen molar-refractivity contribution < 1.29 is 9.53 Å². The minimum atomic E-state index is -0.488. The predicted molar refractivity (Wildman–Crippen MR) is 53.6 cm³/mol. The molecule has 1 N–H and O–H groups in total. The fraction of sp³-hybridized carbons (Fsp3) is 0.600. The van der Waals surface area contributed by atoms with Gasteiger partial charge >= 0.3 is 6.09 Å². The molecule has 0 saturated carbocycles. The normalized spacial score (nSPS) is 11.8. The van der Waals surface area contributed by atoms with E-state index in [-0.39, 0.29) is 0 Å². The van der Waals surface area contributed by atoms with Gasteiger partial charge < -0.3 is 10.1 Å². The van der Waals surface area contributed by atoms with Gasteiger partial charge in [-0.1, -0.05) is 6.08 Å². The molecule has 78 valence electrons. The summed E-state index contributed by atoms with van der Waals surface area (Å²) in [6.07, 6.45) is 1.16. The van der Waals surface area contributed by atoms with Gasteiger partial charge in [-0.15, -0.1) is 0 Å². The van der Waals surface area contributed by atoms with Crippen molar-refractivity contribution in [3.8, 4) is 6.07 Å². The highest BCUT2D eigenvalue weighted by molar-refractivity contribution is 5.67. The minimum absolute atomic E-state index is 0.314. The Hall–Kier alpha value is -1.50. The lowest BCUT2D eigenvalue weighted by molar-refractivity contribution is 0.0534. The smallest absolute Gasteiger partial charge is 0.407 e. The van der Waals surface area contributed by atoms with Crippen LogP contribution >= 0.6 is 0 Å². The molecule has 0 aliphatic carbocycles. The standard InChI is InChI=1S/C10H16N2O2/c1-8(7-11)5-6-12-9(13)14-10(2,3)4/h5H,6H2,1-4H3,(H,12,13)/b8-5+. The Balaban J connectivity index is 3.83. The van der Waals surface area contributed by atoms with Gasteiger partial charge in [0.2, 0.25) is 0 Å². The number of carbonyl (C=O) groups excluding carboxylic acids is 1. The van der Waals surface area contributed by atoms with E-state index in [4.69, 9.17) is 10.00 Å². The maximum absolute atomic E-state index is 11.1. The van der Waals surface area contributed by atoms with Gasteiger partial charge in [-0.2, -0.15) is 5.26 Å². The van der Waals surface area contributed by atoms with E-state index in [1.807, 2.05) is 6.07 Å². The van der Waals surface area contributed by atoms with Crippen LogP contribution in [0.1, 0.15) is 27.7 Å². The van der Waals surface area contributed by atoms with Crippen molar-refractivity contribution in [3.63, 3.8) is 0 Å². The summed E-state index contributed by atoms with van der Waals surface area (Å²) < 4.78 is 4.99. The maximum Gasteiger partial charge on any atom is 0.407 e. The maximum atomic E-state index is 11.1. The van der Waals surface area contributed by atoms with Crippen molar-refractivity contribution >= 4 is 6.09 Å². The van der Waals surface area contributed by atoms with E-state index in [1.165, 1.54) is 0 Å². The van der Waals surface area contributed by atoms with Crippen LogP contribution in [-0.4, -0.2) is 18.2 Å². The first-order valence-corrected chi connectivity index (χ1v) is 4.39. The molecule has 0 aliphatic heterocycles. The van der Waals surface area contributed by atoms with Crippen LogP contribution < -0.4 is 5.32 Å². The van der Waals surface area contributed by atoms with Gasteiger partial charge in [0.05, 0.1) is 6.07 Å². The highest BCUT2D eigenvalue weighted by Crippen LogP contribution is 2.06. The zero-order valence-electron chi connectivity index (χ0n) is 9.05. The molecule has 0 aliphatic rings. The molecule has 0 radical (unpaired) electrons. The van der Waals surface area contributed by atoms with Crippen molar-refractivity contribution in [1.29, 1.82) is 5.26 Å². The van der Waals surface area contributed by atoms with Crippen LogP contribution in [0.25, 0.3) is 0 Å². The molecule has 14 heavy (non-hydrogen) atoms. The van der Waals surface area contributed by atoms with E-state index in [1.54, 1.807) is 33.8 Å². The lowest BCUT2D eigenvalue weighted by atomic mass is 10.2. The summed E-state index contributed by atoms with van der Waals surface area (Å²) in [5.74, 6) is 0. The van der Waals surface area contributed by atoms with Crippen molar-refractivity contribution in [2.45, 2.75) is 33.3 Å². The third-order valence-electron chi connectivity index (χ3n) is 1.23. The number of hydrogen-bond donors (Lipinski definition) is 1. The predicted octanol–water partition coefficient (Wildman–Crippen LogP) is 1.98. The molecule has 0 spiro atoms. The summed E-state index contributed by atoms with van der Waals surface area (Å²) in [5.41, 5.74) is 0.0824. The lowest BCUT2D eigenvalue weighted by Gasteiger charge is -2.19. The van der Waals surface area contributed by atoms with Gasteiger partial charge in [0, 0.05) is 12.1 Å². The minimum Gasteiger partial charge on any atom is -0.444 e. The summed E-state index contributed by atoms with van der Waals surface area (Å²) in [7, 11) is 0. The average molecular weight is 196 g/mol. The van der Waals surface area contributed by atoms with E-state index < -0.39 is 11.7 Å². The Bertz CT molecular complexity index is 269. The van der Waals surface area contributed by atoms with E-state index in [0.29, 0.717) is 12.1 Å². The molecule has 0 fully saturated rings. The molecule has 0 atom stereocenters. The first-order chi connectivity index (χ1) is 6.35. The Labute approximate surface area is 84.6 Å². The topological polar surface area (TPSA) is 62.1 Å². The summed E-state index contributed by atoms with van der Waals surface area (Å²) in [5, 5.41) is 10.9. The van der Waals surface area contributed by atoms with Crippen molar-refractivity contribution in [2.24, 2.45) is 0 Å². The second-order valence-electron chi connectivity index (χ2n) is 3.88. The summed E-state index contributed by atoms with van der Waals surface area (Å²) >= 11 is 0. The molecule has 0 aromatic carbocycles. The summed E-state index contributed by atoms with van der Waals surface area (Å²) in [6, 6.07) is 1.96. The zero-order chi connectivity index (χ0) is 11.2. The molecule has 0 bridgehead atoms. The van der Waals surface area contributed by atoms with Crippen LogP contribution in [0.3, 0.4) is 0 Å². The molecule has 0 rings (SSSR count). The Morgan fingerprint density at radius 2 is 2.14 bits per heavy atom. The third kappa shape index (κ3) is 7.17. The van der Waals surface area contributed by atoms with Crippen LogP contribution in [0.4, 0.5) is 4.79 Å². The number of alkyl carbamates (subject to hydrolysis) is 1. The van der Waals surface area contributed by atoms with Gasteiger partial charge in [-0.3, -0.25) is 0 Å². The molecule has 4 heteroatoms. The van der Waals surface area contributed by atoms with Gasteiger partial charge in [-0.05, 0) is 27.7 Å². The van der Waals surface area contributed by atoms with Gasteiger partial charge in [0.25, 0.3) is 0 Å². The number of ether oxygens (including phenoxy) is 1. The number of allylic oxidation sites excluding steroid dienone is 1. The number of nitriles is 1. The van der Waals surface area contributed by atoms with Crippen molar-refractivity contribution in [1.82, 2.24) is 5.32 Å². The average Bonchev–Trinajstić information content (AvgIpc) is 2.00. The number of amides is 1. The van der Waals surface area contributed by atoms with E-state index in [0.717, 1.165) is 0 Å². The third-order valence-corrected chi connectivity index (χ3v) is 1.23. The quantitative estimate of drug-likeness (QED) is 0.687. The van der Waals surface area contributed by atoms with Gasteiger partial charge in [-0.25, -0.2) is 4.79 Å². The number of carbonyl (C=O) groups is 1. The molecule has 0 heterocycles. The molecule has 1 amide bonds. The largest absolute Gasteiger partial charge is 0.444 e. The molecule has 0 aromatic rings. The summed E-state index contributed by atoms with van der Waals surface area (Å²) in [6.45, 7) is 7.37. The van der Waals surface area contributed by atoms with Crippen LogP contribution in [0.5, 0.6) is 0 Å². The molecule has 0 saturated heterocycles. The monoisotopic (exact) mass is 196 g/mol. The van der Waals surface area contributed by atoms with Crippen molar-refractivity contribution in [3.05, 3.63) is 11.6 Å². The van der Waals surface area contributed by atoms with E-state index >= 15 is 0 Å². The highest BCUT2D eigenvalue weighted by atomic mass is 16.6. The second kappa shape index (κ2) is 5.28. The summed E-state index contributed by atoms with van der Waals surface area (Å²) in [4.78, 5) is 11.1. The molecule has 0 unspecified atom stereocenters. The van der Waals surface area contributed by atoms with Crippen LogP contribution in [-0.2, 0) is 4.74 Å². The number of rotatable bonds is 2. The Morgan fingerprint density at radius 1 is 1.57 bits per heavy atom. The van der Waals surface area contributed by atoms with Gasteiger partial charge in [0.1, 0.15) is 5.60 Å². The molecular weight excluding hydrogens is 180 g/mol. The number of hydrogen-bond acceptors (Lipinski definition) is 3. The van der Waals surface area contributed by atoms with Crippen molar-refractivity contribution in [2.75, 3.05) is 6.54 Å². The Kier molecular flexibility index (Phi) is 4.71. The second-order valence-corrected chi connectivity index (χ2v) is 3.88. The van der Waals surface area contributed by atoms with Crippen LogP contribution in [0.15, 0.2) is 11.6 Å². The Morgan fingerprint density at radius 3 is 2.57 bits per heavy atom. The molecule has 0 aromatic heterocycles. The zero-order valence-corrected chi connectivity index (χ0v) is 9.05. The van der Waals surface area contributed by atoms with Gasteiger partial charge in [0.15, 0.2) is 0 Å². The lowest BCUT2D eigenvalue weighted by Crippen LogP contribution is -2.32. The van der Waals surface area contributed by atoms with Crippen LogP contribution in [0, 0.1) is 11.3 Å². The fourth-order valence-corrected chi connectivity index (χ4v) is 0.647. The number of nitrogens with one attached hydrogen (secondary N) is 1. The van der Waals surface area contributed by atoms with E-state index in [2.05, 4.69) is 5.32 Å².